The summed E-state index contributed by atoms with van der Waals surface area (Å²) < 4.78 is 9.15. The van der Waals surface area contributed by atoms with Crippen LogP contribution in [0.5, 0.6) is 0 Å². The van der Waals surface area contributed by atoms with Crippen molar-refractivity contribution < 1.29 is 9.53 Å². The average molecular weight is 505 g/mol. The summed E-state index contributed by atoms with van der Waals surface area (Å²) in [5.41, 5.74) is -0.435. The van der Waals surface area contributed by atoms with Gasteiger partial charge in [-0.2, -0.15) is 10.2 Å². The first-order valence-electron chi connectivity index (χ1n) is 11.2. The van der Waals surface area contributed by atoms with E-state index < -0.39 is 5.60 Å². The van der Waals surface area contributed by atoms with Gasteiger partial charge in [-0.1, -0.05) is 0 Å². The van der Waals surface area contributed by atoms with Crippen molar-refractivity contribution in [2.24, 2.45) is 11.8 Å². The third kappa shape index (κ3) is 10.7. The van der Waals surface area contributed by atoms with Gasteiger partial charge in [-0.05, 0) is 71.4 Å². The molecule has 2 fully saturated rings. The Bertz CT molecular complexity index is 762. The van der Waals surface area contributed by atoms with Crippen LogP contribution in [0.4, 0.5) is 4.79 Å². The summed E-state index contributed by atoms with van der Waals surface area (Å²) >= 11 is 0. The van der Waals surface area contributed by atoms with E-state index in [0.717, 1.165) is 51.5 Å². The maximum atomic E-state index is 12.0. The Morgan fingerprint density at radius 2 is 1.61 bits per heavy atom. The minimum absolute atomic E-state index is 0. The highest BCUT2D eigenvalue weighted by molar-refractivity contribution is 5.85. The number of nitrogens with one attached hydrogen (secondary N) is 1. The van der Waals surface area contributed by atoms with Crippen molar-refractivity contribution in [1.82, 2.24) is 39.7 Å². The number of hydrogen-bond acceptors (Lipinski definition) is 7. The minimum atomic E-state index is -0.435. The van der Waals surface area contributed by atoms with Gasteiger partial charge in [-0.25, -0.2) is 14.8 Å². The lowest BCUT2D eigenvalue weighted by atomic mass is 9.98. The molecule has 2 aliphatic rings. The molecule has 1 N–H and O–H groups in total. The van der Waals surface area contributed by atoms with Crippen molar-refractivity contribution in [3.63, 3.8) is 0 Å². The number of amides is 1. The maximum Gasteiger partial charge on any atom is 0.410 e. The summed E-state index contributed by atoms with van der Waals surface area (Å²) in [6, 6.07) is 0. The lowest BCUT2D eigenvalue weighted by Gasteiger charge is -2.34. The highest BCUT2D eigenvalue weighted by atomic mass is 35.5. The Morgan fingerprint density at radius 3 is 2.12 bits per heavy atom. The second-order valence-electron chi connectivity index (χ2n) is 9.38. The lowest BCUT2D eigenvalue weighted by Crippen LogP contribution is -2.43. The fraction of sp³-hybridized carbons (Fsp3) is 0.762. The number of nitrogens with zero attached hydrogens (tertiary/aromatic N) is 7. The molecule has 2 unspecified atom stereocenters. The molecular weight excluding hydrogens is 467 g/mol. The molecule has 4 rings (SSSR count). The van der Waals surface area contributed by atoms with E-state index in [1.165, 1.54) is 25.7 Å². The topological polar surface area (TPSA) is 103 Å². The van der Waals surface area contributed by atoms with Crippen LogP contribution in [-0.2, 0) is 17.8 Å². The Balaban J connectivity index is 0.000000338. The predicted molar refractivity (Wildman–Crippen MR) is 131 cm³/mol. The van der Waals surface area contributed by atoms with Gasteiger partial charge in [0.2, 0.25) is 0 Å². The van der Waals surface area contributed by atoms with Crippen LogP contribution in [0, 0.1) is 11.8 Å². The molecule has 2 saturated heterocycles. The molecule has 0 aromatic carbocycles. The quantitative estimate of drug-likeness (QED) is 0.681. The standard InChI is InChI=1S/C13H22N4O2.C8H14N4.2ClH/c1-13(2,3)19-12(18)16-6-4-5-11(7-16)8-17-10-14-9-15-17;1-2-8(4-9-3-1)5-12-7-10-6-11-12;;/h9-11H,4-8H2,1-3H3;6-9H,1-5H2;2*1H. The normalized spacial score (nSPS) is 20.5. The van der Waals surface area contributed by atoms with Gasteiger partial charge in [0.1, 0.15) is 30.9 Å². The number of halogens is 2. The highest BCUT2D eigenvalue weighted by Gasteiger charge is 2.27. The maximum absolute atomic E-state index is 12.0. The van der Waals surface area contributed by atoms with Gasteiger partial charge in [0, 0.05) is 26.2 Å². The summed E-state index contributed by atoms with van der Waals surface area (Å²) in [5.74, 6) is 1.16. The van der Waals surface area contributed by atoms with Crippen LogP contribution in [0.2, 0.25) is 0 Å². The van der Waals surface area contributed by atoms with Crippen molar-refractivity contribution in [2.75, 3.05) is 26.2 Å². The van der Waals surface area contributed by atoms with E-state index in [1.54, 1.807) is 23.9 Å². The van der Waals surface area contributed by atoms with Crippen LogP contribution in [-0.4, -0.2) is 72.3 Å². The molecule has 0 aliphatic carbocycles. The zero-order valence-electron chi connectivity index (χ0n) is 19.8. The Hall–Kier alpha value is -1.91. The first kappa shape index (κ1) is 29.1. The molecule has 12 heteroatoms. The van der Waals surface area contributed by atoms with Crippen LogP contribution in [0.3, 0.4) is 0 Å². The van der Waals surface area contributed by atoms with Gasteiger partial charge in [0.05, 0.1) is 0 Å². The molecule has 2 aromatic heterocycles. The molecule has 0 spiro atoms. The molecular formula is C21H38Cl2N8O2. The van der Waals surface area contributed by atoms with Gasteiger partial charge >= 0.3 is 6.09 Å². The van der Waals surface area contributed by atoms with E-state index >= 15 is 0 Å². The van der Waals surface area contributed by atoms with Crippen LogP contribution in [0.1, 0.15) is 46.5 Å². The molecule has 2 aromatic rings. The third-order valence-corrected chi connectivity index (χ3v) is 5.39. The number of carbonyl (C=O) groups excluding carboxylic acids is 1. The molecule has 1 amide bonds. The third-order valence-electron chi connectivity index (χ3n) is 5.39. The molecule has 33 heavy (non-hydrogen) atoms. The molecule has 10 nitrogen and oxygen atoms in total. The zero-order chi connectivity index (χ0) is 22.1. The highest BCUT2D eigenvalue weighted by Crippen LogP contribution is 2.20. The van der Waals surface area contributed by atoms with Gasteiger partial charge < -0.3 is 15.0 Å². The first-order chi connectivity index (χ1) is 14.9. The predicted octanol–water partition coefficient (Wildman–Crippen LogP) is 3.05. The number of ether oxygens (including phenoxy) is 1. The van der Waals surface area contributed by atoms with Gasteiger partial charge in [-0.15, -0.1) is 24.8 Å². The van der Waals surface area contributed by atoms with Crippen molar-refractivity contribution in [3.05, 3.63) is 25.3 Å². The summed E-state index contributed by atoms with van der Waals surface area (Å²) in [6.45, 7) is 11.3. The van der Waals surface area contributed by atoms with E-state index in [9.17, 15) is 4.79 Å². The lowest BCUT2D eigenvalue weighted by molar-refractivity contribution is 0.0155. The van der Waals surface area contributed by atoms with Crippen molar-refractivity contribution in [3.8, 4) is 0 Å². The molecule has 2 atom stereocenters. The number of carbonyl (C=O) groups is 1. The second kappa shape index (κ2) is 14.4. The Labute approximate surface area is 208 Å². The first-order valence-corrected chi connectivity index (χ1v) is 11.2. The second-order valence-corrected chi connectivity index (χ2v) is 9.38. The van der Waals surface area contributed by atoms with E-state index in [2.05, 4.69) is 25.5 Å². The number of aromatic nitrogens is 6. The van der Waals surface area contributed by atoms with Crippen molar-refractivity contribution >= 4 is 30.9 Å². The smallest absolute Gasteiger partial charge is 0.410 e. The number of piperidine rings is 2. The zero-order valence-corrected chi connectivity index (χ0v) is 21.4. The van der Waals surface area contributed by atoms with Crippen molar-refractivity contribution in [1.29, 1.82) is 0 Å². The van der Waals surface area contributed by atoms with E-state index in [0.29, 0.717) is 5.92 Å². The minimum Gasteiger partial charge on any atom is -0.444 e. The molecule has 0 saturated carbocycles. The monoisotopic (exact) mass is 504 g/mol. The molecule has 4 heterocycles. The Morgan fingerprint density at radius 1 is 1.00 bits per heavy atom. The number of likely N-dealkylation sites (tertiary alicyclic amines) is 1. The fourth-order valence-corrected chi connectivity index (χ4v) is 3.97. The van der Waals surface area contributed by atoms with E-state index in [4.69, 9.17) is 4.74 Å². The van der Waals surface area contributed by atoms with E-state index in [-0.39, 0.29) is 30.9 Å². The number of rotatable bonds is 4. The molecule has 188 valence electrons. The van der Waals surface area contributed by atoms with Gasteiger partial charge in [0.25, 0.3) is 0 Å². The SMILES string of the molecule is CC(C)(C)OC(=O)N1CCCC(Cn2cncn2)C1.Cl.Cl.c1ncn(CC2CCCNC2)n1. The van der Waals surface area contributed by atoms with Crippen LogP contribution < -0.4 is 5.32 Å². The van der Waals surface area contributed by atoms with Crippen molar-refractivity contribution in [2.45, 2.75) is 65.1 Å². The van der Waals surface area contributed by atoms with E-state index in [1.807, 2.05) is 30.1 Å². The largest absolute Gasteiger partial charge is 0.444 e. The summed E-state index contributed by atoms with van der Waals surface area (Å²) in [4.78, 5) is 21.7. The van der Waals surface area contributed by atoms with Crippen LogP contribution >= 0.6 is 24.8 Å². The summed E-state index contributed by atoms with van der Waals surface area (Å²) in [7, 11) is 0. The van der Waals surface area contributed by atoms with Crippen LogP contribution in [0.15, 0.2) is 25.3 Å². The van der Waals surface area contributed by atoms with Crippen LogP contribution in [0.25, 0.3) is 0 Å². The number of hydrogen-bond donors (Lipinski definition) is 1. The summed E-state index contributed by atoms with van der Waals surface area (Å²) in [5, 5.41) is 11.6. The average Bonchev–Trinajstić information content (AvgIpc) is 3.43. The molecule has 2 aliphatic heterocycles. The molecule has 0 radical (unpaired) electrons. The van der Waals surface area contributed by atoms with Gasteiger partial charge in [-0.3, -0.25) is 9.36 Å². The molecule has 0 bridgehead atoms. The Kier molecular flexibility index (Phi) is 12.7. The summed E-state index contributed by atoms with van der Waals surface area (Å²) in [6.07, 6.45) is 11.1. The fourth-order valence-electron chi connectivity index (χ4n) is 3.97. The van der Waals surface area contributed by atoms with Gasteiger partial charge in [0.15, 0.2) is 0 Å².